The van der Waals surface area contributed by atoms with E-state index in [1.807, 2.05) is 24.3 Å². The van der Waals surface area contributed by atoms with Crippen molar-refractivity contribution in [3.05, 3.63) is 71.3 Å². The molecule has 0 fully saturated rings. The van der Waals surface area contributed by atoms with Gasteiger partial charge in [0.2, 0.25) is 0 Å². The van der Waals surface area contributed by atoms with Crippen LogP contribution in [0.15, 0.2) is 54.6 Å². The predicted molar refractivity (Wildman–Crippen MR) is 77.4 cm³/mol. The lowest BCUT2D eigenvalue weighted by molar-refractivity contribution is 0.0927. The Kier molecular flexibility index (Phi) is 2.78. The normalized spacial score (nSPS) is 26.0. The minimum Gasteiger partial charge on any atom is -0.294 e. The van der Waals surface area contributed by atoms with E-state index in [4.69, 9.17) is 0 Å². The molecule has 0 unspecified atom stereocenters. The van der Waals surface area contributed by atoms with Crippen molar-refractivity contribution in [2.75, 3.05) is 0 Å². The fraction of sp³-hybridized carbons (Fsp3) is 0.278. The third-order valence-corrected chi connectivity index (χ3v) is 4.64. The van der Waals surface area contributed by atoms with Crippen LogP contribution >= 0.6 is 0 Å². The topological polar surface area (TPSA) is 17.1 Å². The van der Waals surface area contributed by atoms with Crippen molar-refractivity contribution in [2.24, 2.45) is 5.92 Å². The summed E-state index contributed by atoms with van der Waals surface area (Å²) in [5.41, 5.74) is 3.28. The van der Waals surface area contributed by atoms with E-state index in [0.29, 0.717) is 12.3 Å². The van der Waals surface area contributed by atoms with Crippen LogP contribution in [-0.4, -0.2) is 5.78 Å². The molecular formula is C18H18O. The summed E-state index contributed by atoms with van der Waals surface area (Å²) in [6.45, 7) is 4.44. The number of carbonyl (C=O) groups excluding carboxylic acids is 1. The Balaban J connectivity index is 2.26. The van der Waals surface area contributed by atoms with Gasteiger partial charge < -0.3 is 0 Å². The Labute approximate surface area is 114 Å². The zero-order valence-corrected chi connectivity index (χ0v) is 11.4. The molecule has 19 heavy (non-hydrogen) atoms. The molecule has 0 saturated heterocycles. The summed E-state index contributed by atoms with van der Waals surface area (Å²) >= 11 is 0. The minimum atomic E-state index is -0.0776. The molecule has 0 aliphatic heterocycles. The highest BCUT2D eigenvalue weighted by atomic mass is 16.1. The van der Waals surface area contributed by atoms with Crippen molar-refractivity contribution in [3.63, 3.8) is 0 Å². The summed E-state index contributed by atoms with van der Waals surface area (Å²) < 4.78 is 0. The average Bonchev–Trinajstić information content (AvgIpc) is 2.46. The summed E-state index contributed by atoms with van der Waals surface area (Å²) in [4.78, 5) is 12.2. The Morgan fingerprint density at radius 1 is 1.00 bits per heavy atom. The number of ketones is 1. The van der Waals surface area contributed by atoms with E-state index >= 15 is 0 Å². The molecule has 0 N–H and O–H groups in total. The van der Waals surface area contributed by atoms with Crippen LogP contribution < -0.4 is 0 Å². The molecule has 0 radical (unpaired) electrons. The van der Waals surface area contributed by atoms with Gasteiger partial charge in [0, 0.05) is 17.4 Å². The molecule has 2 aromatic rings. The average molecular weight is 250 g/mol. The van der Waals surface area contributed by atoms with Crippen molar-refractivity contribution >= 4 is 5.78 Å². The van der Waals surface area contributed by atoms with Crippen molar-refractivity contribution in [1.29, 1.82) is 0 Å². The molecule has 96 valence electrons. The largest absolute Gasteiger partial charge is 0.294 e. The van der Waals surface area contributed by atoms with Crippen LogP contribution in [0, 0.1) is 5.92 Å². The second kappa shape index (κ2) is 4.34. The first-order valence-corrected chi connectivity index (χ1v) is 6.82. The number of rotatable bonds is 1. The molecule has 1 heteroatoms. The SMILES string of the molecule is C[C@@H]1CC(=O)c2ccccc2[C@]1(C)c1ccccc1. The molecule has 1 nitrogen and oxygen atoms in total. The summed E-state index contributed by atoms with van der Waals surface area (Å²) in [7, 11) is 0. The first-order valence-electron chi connectivity index (χ1n) is 6.82. The quantitative estimate of drug-likeness (QED) is 0.740. The van der Waals surface area contributed by atoms with Crippen molar-refractivity contribution in [2.45, 2.75) is 25.7 Å². The fourth-order valence-electron chi connectivity index (χ4n) is 3.26. The summed E-state index contributed by atoms with van der Waals surface area (Å²) in [6.07, 6.45) is 0.627. The van der Waals surface area contributed by atoms with Gasteiger partial charge in [-0.1, -0.05) is 68.4 Å². The molecular weight excluding hydrogens is 232 g/mol. The molecule has 1 aliphatic carbocycles. The standard InChI is InChI=1S/C18H18O/c1-13-12-17(19)15-10-6-7-11-16(15)18(13,2)14-8-4-3-5-9-14/h3-11,13H,12H2,1-2H3/t13-,18+/m1/s1. The molecule has 1 aliphatic rings. The number of Topliss-reactive ketones (excluding diaryl/α,β-unsaturated/α-hetero) is 1. The Bertz CT molecular complexity index is 615. The van der Waals surface area contributed by atoms with Gasteiger partial charge in [-0.05, 0) is 17.0 Å². The van der Waals surface area contributed by atoms with Crippen LogP contribution in [0.3, 0.4) is 0 Å². The second-order valence-electron chi connectivity index (χ2n) is 5.64. The molecule has 0 aromatic heterocycles. The van der Waals surface area contributed by atoms with Crippen LogP contribution in [0.5, 0.6) is 0 Å². The van der Waals surface area contributed by atoms with E-state index in [9.17, 15) is 4.79 Å². The maximum Gasteiger partial charge on any atom is 0.163 e. The van der Waals surface area contributed by atoms with Crippen molar-refractivity contribution in [1.82, 2.24) is 0 Å². The van der Waals surface area contributed by atoms with Crippen LogP contribution in [0.4, 0.5) is 0 Å². The van der Waals surface area contributed by atoms with Gasteiger partial charge in [-0.25, -0.2) is 0 Å². The number of hydrogen-bond donors (Lipinski definition) is 0. The monoisotopic (exact) mass is 250 g/mol. The molecule has 0 spiro atoms. The van der Waals surface area contributed by atoms with Crippen LogP contribution in [0.25, 0.3) is 0 Å². The summed E-state index contributed by atoms with van der Waals surface area (Å²) in [5.74, 6) is 0.591. The predicted octanol–water partition coefficient (Wildman–Crippen LogP) is 4.22. The molecule has 2 atom stereocenters. The van der Waals surface area contributed by atoms with E-state index in [1.165, 1.54) is 11.1 Å². The molecule has 0 amide bonds. The third kappa shape index (κ3) is 1.73. The lowest BCUT2D eigenvalue weighted by Gasteiger charge is -2.41. The smallest absolute Gasteiger partial charge is 0.163 e. The first kappa shape index (κ1) is 12.2. The first-order chi connectivity index (χ1) is 9.14. The second-order valence-corrected chi connectivity index (χ2v) is 5.64. The Morgan fingerprint density at radius 2 is 1.63 bits per heavy atom. The minimum absolute atomic E-state index is 0.0776. The number of carbonyl (C=O) groups is 1. The molecule has 0 saturated carbocycles. The van der Waals surface area contributed by atoms with Gasteiger partial charge in [0.15, 0.2) is 5.78 Å². The van der Waals surface area contributed by atoms with Gasteiger partial charge in [0.1, 0.15) is 0 Å². The lowest BCUT2D eigenvalue weighted by Crippen LogP contribution is -2.38. The van der Waals surface area contributed by atoms with Gasteiger partial charge >= 0.3 is 0 Å². The van der Waals surface area contributed by atoms with Crippen molar-refractivity contribution in [3.8, 4) is 0 Å². The zero-order chi connectivity index (χ0) is 13.5. The van der Waals surface area contributed by atoms with Crippen molar-refractivity contribution < 1.29 is 4.79 Å². The summed E-state index contributed by atoms with van der Waals surface area (Å²) in [5, 5.41) is 0. The van der Waals surface area contributed by atoms with E-state index in [-0.39, 0.29) is 11.2 Å². The van der Waals surface area contributed by atoms with E-state index in [2.05, 4.69) is 44.2 Å². The van der Waals surface area contributed by atoms with Gasteiger partial charge in [-0.3, -0.25) is 4.79 Å². The number of fused-ring (bicyclic) bond motifs is 1. The van der Waals surface area contributed by atoms with Gasteiger partial charge in [0.25, 0.3) is 0 Å². The maximum absolute atomic E-state index is 12.2. The zero-order valence-electron chi connectivity index (χ0n) is 11.4. The summed E-state index contributed by atoms with van der Waals surface area (Å²) in [6, 6.07) is 18.6. The number of hydrogen-bond acceptors (Lipinski definition) is 1. The molecule has 0 heterocycles. The van der Waals surface area contributed by atoms with Gasteiger partial charge in [0.05, 0.1) is 0 Å². The number of benzene rings is 2. The maximum atomic E-state index is 12.2. The van der Waals surface area contributed by atoms with E-state index < -0.39 is 0 Å². The fourth-order valence-corrected chi connectivity index (χ4v) is 3.26. The Morgan fingerprint density at radius 3 is 2.37 bits per heavy atom. The third-order valence-electron chi connectivity index (χ3n) is 4.64. The van der Waals surface area contributed by atoms with Crippen LogP contribution in [0.2, 0.25) is 0 Å². The van der Waals surface area contributed by atoms with E-state index in [0.717, 1.165) is 5.56 Å². The highest BCUT2D eigenvalue weighted by Crippen LogP contribution is 2.45. The lowest BCUT2D eigenvalue weighted by atomic mass is 9.61. The van der Waals surface area contributed by atoms with Crippen LogP contribution in [0.1, 0.15) is 41.8 Å². The highest BCUT2D eigenvalue weighted by molar-refractivity contribution is 5.99. The van der Waals surface area contributed by atoms with Crippen LogP contribution in [-0.2, 0) is 5.41 Å². The molecule has 3 rings (SSSR count). The molecule has 0 bridgehead atoms. The molecule has 2 aromatic carbocycles. The Hall–Kier alpha value is -1.89. The highest BCUT2D eigenvalue weighted by Gasteiger charge is 2.41. The van der Waals surface area contributed by atoms with Gasteiger partial charge in [-0.15, -0.1) is 0 Å². The van der Waals surface area contributed by atoms with E-state index in [1.54, 1.807) is 0 Å². The van der Waals surface area contributed by atoms with Gasteiger partial charge in [-0.2, -0.15) is 0 Å².